The van der Waals surface area contributed by atoms with Crippen molar-refractivity contribution in [3.05, 3.63) is 35.6 Å². The first kappa shape index (κ1) is 12.2. The van der Waals surface area contributed by atoms with Crippen LogP contribution in [0.4, 0.5) is 4.39 Å². The topological polar surface area (TPSA) is 43.1 Å². The maximum atomic E-state index is 12.8. The second-order valence-corrected chi connectivity index (χ2v) is 4.88. The molecule has 0 aromatic heterocycles. The van der Waals surface area contributed by atoms with Crippen molar-refractivity contribution in [1.82, 2.24) is 0 Å². The van der Waals surface area contributed by atoms with Crippen LogP contribution in [0.2, 0.25) is 0 Å². The quantitative estimate of drug-likeness (QED) is 0.818. The van der Waals surface area contributed by atoms with Crippen LogP contribution in [0.15, 0.2) is 24.3 Å². The summed E-state index contributed by atoms with van der Waals surface area (Å²) in [6.45, 7) is 0.392. The van der Waals surface area contributed by atoms with Gasteiger partial charge >= 0.3 is 0 Å². The SMILES string of the molecule is NCC1(C(=O)c2ccc(F)cc2)CCCCC1. The lowest BCUT2D eigenvalue weighted by molar-refractivity contribution is 0.0729. The molecule has 2 nitrogen and oxygen atoms in total. The molecule has 0 aliphatic heterocycles. The standard InChI is InChI=1S/C14H18FNO/c15-12-6-4-11(5-7-12)13(17)14(10-16)8-2-1-3-9-14/h4-7H,1-3,8-10,16H2. The largest absolute Gasteiger partial charge is 0.329 e. The van der Waals surface area contributed by atoms with Gasteiger partial charge in [-0.15, -0.1) is 0 Å². The second kappa shape index (κ2) is 4.96. The number of hydrogen-bond donors (Lipinski definition) is 1. The lowest BCUT2D eigenvalue weighted by Crippen LogP contribution is -2.40. The molecule has 0 saturated heterocycles. The van der Waals surface area contributed by atoms with Crippen molar-refractivity contribution in [1.29, 1.82) is 0 Å². The zero-order valence-electron chi connectivity index (χ0n) is 9.92. The molecular weight excluding hydrogens is 217 g/mol. The average Bonchev–Trinajstić information content (AvgIpc) is 2.39. The molecular formula is C14H18FNO. The Kier molecular flexibility index (Phi) is 3.57. The summed E-state index contributed by atoms with van der Waals surface area (Å²) >= 11 is 0. The molecule has 0 atom stereocenters. The van der Waals surface area contributed by atoms with E-state index in [-0.39, 0.29) is 11.6 Å². The number of benzene rings is 1. The third-order valence-electron chi connectivity index (χ3n) is 3.79. The maximum absolute atomic E-state index is 12.8. The molecule has 92 valence electrons. The molecule has 0 bridgehead atoms. The van der Waals surface area contributed by atoms with Crippen LogP contribution in [-0.2, 0) is 0 Å². The monoisotopic (exact) mass is 235 g/mol. The molecule has 1 fully saturated rings. The normalized spacial score (nSPS) is 18.9. The van der Waals surface area contributed by atoms with E-state index in [1.165, 1.54) is 18.6 Å². The number of Topliss-reactive ketones (excluding diaryl/α,β-unsaturated/α-hetero) is 1. The van der Waals surface area contributed by atoms with Gasteiger partial charge < -0.3 is 5.73 Å². The van der Waals surface area contributed by atoms with Gasteiger partial charge in [0, 0.05) is 17.5 Å². The fourth-order valence-corrected chi connectivity index (χ4v) is 2.66. The van der Waals surface area contributed by atoms with Crippen LogP contribution in [0.25, 0.3) is 0 Å². The van der Waals surface area contributed by atoms with E-state index in [9.17, 15) is 9.18 Å². The first-order chi connectivity index (χ1) is 8.18. The number of ketones is 1. The van der Waals surface area contributed by atoms with Crippen molar-refractivity contribution < 1.29 is 9.18 Å². The van der Waals surface area contributed by atoms with Gasteiger partial charge in [-0.3, -0.25) is 4.79 Å². The van der Waals surface area contributed by atoms with Crippen LogP contribution >= 0.6 is 0 Å². The lowest BCUT2D eigenvalue weighted by Gasteiger charge is -2.34. The van der Waals surface area contributed by atoms with Gasteiger partial charge in [0.2, 0.25) is 0 Å². The van der Waals surface area contributed by atoms with Crippen molar-refractivity contribution in [2.75, 3.05) is 6.54 Å². The minimum Gasteiger partial charge on any atom is -0.329 e. The number of halogens is 1. The molecule has 1 saturated carbocycles. The third-order valence-corrected chi connectivity index (χ3v) is 3.79. The van der Waals surface area contributed by atoms with Crippen molar-refractivity contribution in [3.63, 3.8) is 0 Å². The van der Waals surface area contributed by atoms with Crippen LogP contribution in [0.3, 0.4) is 0 Å². The van der Waals surface area contributed by atoms with E-state index in [0.29, 0.717) is 12.1 Å². The van der Waals surface area contributed by atoms with E-state index in [2.05, 4.69) is 0 Å². The molecule has 0 amide bonds. The number of rotatable bonds is 3. The number of hydrogen-bond acceptors (Lipinski definition) is 2. The predicted molar refractivity (Wildman–Crippen MR) is 65.3 cm³/mol. The zero-order valence-corrected chi connectivity index (χ0v) is 9.92. The Balaban J connectivity index is 2.25. The molecule has 1 aliphatic carbocycles. The summed E-state index contributed by atoms with van der Waals surface area (Å²) in [7, 11) is 0. The van der Waals surface area contributed by atoms with Gasteiger partial charge in [-0.05, 0) is 37.1 Å². The second-order valence-electron chi connectivity index (χ2n) is 4.88. The van der Waals surface area contributed by atoms with Gasteiger partial charge in [0.15, 0.2) is 5.78 Å². The van der Waals surface area contributed by atoms with Crippen molar-refractivity contribution in [3.8, 4) is 0 Å². The van der Waals surface area contributed by atoms with E-state index >= 15 is 0 Å². The fourth-order valence-electron chi connectivity index (χ4n) is 2.66. The lowest BCUT2D eigenvalue weighted by atomic mass is 9.69. The Labute approximate surface area is 101 Å². The minimum absolute atomic E-state index is 0.0831. The Morgan fingerprint density at radius 2 is 1.76 bits per heavy atom. The van der Waals surface area contributed by atoms with Crippen LogP contribution < -0.4 is 5.73 Å². The molecule has 0 heterocycles. The fraction of sp³-hybridized carbons (Fsp3) is 0.500. The van der Waals surface area contributed by atoms with Crippen LogP contribution in [0, 0.1) is 11.2 Å². The average molecular weight is 235 g/mol. The minimum atomic E-state index is -0.407. The molecule has 1 aromatic rings. The van der Waals surface area contributed by atoms with Gasteiger partial charge in [-0.1, -0.05) is 19.3 Å². The van der Waals surface area contributed by atoms with Crippen LogP contribution in [0.5, 0.6) is 0 Å². The molecule has 1 aromatic carbocycles. The molecule has 1 aliphatic rings. The van der Waals surface area contributed by atoms with Gasteiger partial charge in [-0.2, -0.15) is 0 Å². The molecule has 0 unspecified atom stereocenters. The molecule has 2 rings (SSSR count). The molecule has 2 N–H and O–H groups in total. The van der Waals surface area contributed by atoms with E-state index in [1.54, 1.807) is 12.1 Å². The highest BCUT2D eigenvalue weighted by atomic mass is 19.1. The van der Waals surface area contributed by atoms with Crippen molar-refractivity contribution >= 4 is 5.78 Å². The maximum Gasteiger partial charge on any atom is 0.170 e. The van der Waals surface area contributed by atoms with Gasteiger partial charge in [-0.25, -0.2) is 4.39 Å². The Morgan fingerprint density at radius 1 is 1.18 bits per heavy atom. The Bertz CT molecular complexity index is 393. The predicted octanol–water partition coefficient (Wildman–Crippen LogP) is 2.92. The first-order valence-corrected chi connectivity index (χ1v) is 6.18. The van der Waals surface area contributed by atoms with Crippen molar-refractivity contribution in [2.45, 2.75) is 32.1 Å². The van der Waals surface area contributed by atoms with Crippen LogP contribution in [-0.4, -0.2) is 12.3 Å². The third kappa shape index (κ3) is 2.39. The summed E-state index contributed by atoms with van der Waals surface area (Å²) in [4.78, 5) is 12.5. The number of carbonyl (C=O) groups excluding carboxylic acids is 1. The molecule has 17 heavy (non-hydrogen) atoms. The number of carbonyl (C=O) groups is 1. The molecule has 0 radical (unpaired) electrons. The van der Waals surface area contributed by atoms with E-state index < -0.39 is 5.41 Å². The van der Waals surface area contributed by atoms with Crippen molar-refractivity contribution in [2.24, 2.45) is 11.1 Å². The highest BCUT2D eigenvalue weighted by molar-refractivity contribution is 6.00. The summed E-state index contributed by atoms with van der Waals surface area (Å²) in [5.41, 5.74) is 5.99. The van der Waals surface area contributed by atoms with Gasteiger partial charge in [0.05, 0.1) is 0 Å². The van der Waals surface area contributed by atoms with E-state index in [4.69, 9.17) is 5.73 Å². The highest BCUT2D eigenvalue weighted by Crippen LogP contribution is 2.38. The summed E-state index contributed by atoms with van der Waals surface area (Å²) in [5, 5.41) is 0. The summed E-state index contributed by atoms with van der Waals surface area (Å²) in [6, 6.07) is 5.79. The zero-order chi connectivity index (χ0) is 12.3. The van der Waals surface area contributed by atoms with Crippen LogP contribution in [0.1, 0.15) is 42.5 Å². The smallest absolute Gasteiger partial charge is 0.170 e. The summed E-state index contributed by atoms with van der Waals surface area (Å²) in [5.74, 6) is -0.230. The van der Waals surface area contributed by atoms with Gasteiger partial charge in [0.25, 0.3) is 0 Å². The first-order valence-electron chi connectivity index (χ1n) is 6.18. The number of nitrogens with two attached hydrogens (primary N) is 1. The molecule has 3 heteroatoms. The summed E-state index contributed by atoms with van der Waals surface area (Å²) in [6.07, 6.45) is 5.02. The molecule has 0 spiro atoms. The highest BCUT2D eigenvalue weighted by Gasteiger charge is 2.38. The van der Waals surface area contributed by atoms with E-state index in [0.717, 1.165) is 25.7 Å². The van der Waals surface area contributed by atoms with Gasteiger partial charge in [0.1, 0.15) is 5.82 Å². The van der Waals surface area contributed by atoms with E-state index in [1.807, 2.05) is 0 Å². The Morgan fingerprint density at radius 3 is 2.29 bits per heavy atom. The summed E-state index contributed by atoms with van der Waals surface area (Å²) < 4.78 is 12.8. The Hall–Kier alpha value is -1.22.